The Labute approximate surface area is 224 Å². The SMILES string of the molecule is CNC(=O)C(Cc1ccccc1)N(Cc1c(Cl)cccc1Cl)C(=O)COc1cc(C)c(Br)c(C)c1. The molecule has 0 aliphatic carbocycles. The van der Waals surface area contributed by atoms with Crippen molar-refractivity contribution in [3.63, 3.8) is 0 Å². The highest BCUT2D eigenvalue weighted by molar-refractivity contribution is 9.10. The third-order valence-electron chi connectivity index (χ3n) is 5.68. The predicted octanol–water partition coefficient (Wildman–Crippen LogP) is 6.14. The van der Waals surface area contributed by atoms with Crippen LogP contribution in [-0.2, 0) is 22.6 Å². The number of hydrogen-bond donors (Lipinski definition) is 1. The number of hydrogen-bond acceptors (Lipinski definition) is 3. The second-order valence-electron chi connectivity index (χ2n) is 8.20. The molecule has 1 unspecified atom stereocenters. The number of likely N-dealkylation sites (N-methyl/N-ethyl adjacent to an activating group) is 1. The first-order valence-electron chi connectivity index (χ1n) is 11.1. The van der Waals surface area contributed by atoms with E-state index in [4.69, 9.17) is 27.9 Å². The van der Waals surface area contributed by atoms with Crippen molar-refractivity contribution in [2.75, 3.05) is 13.7 Å². The van der Waals surface area contributed by atoms with Gasteiger partial charge in [-0.05, 0) is 54.8 Å². The van der Waals surface area contributed by atoms with Crippen LogP contribution in [0.2, 0.25) is 10.0 Å². The minimum atomic E-state index is -0.792. The molecule has 3 aromatic rings. The van der Waals surface area contributed by atoms with E-state index in [0.717, 1.165) is 21.2 Å². The second kappa shape index (κ2) is 12.4. The fourth-order valence-corrected chi connectivity index (χ4v) is 4.54. The van der Waals surface area contributed by atoms with Gasteiger partial charge < -0.3 is 15.0 Å². The van der Waals surface area contributed by atoms with Gasteiger partial charge >= 0.3 is 0 Å². The van der Waals surface area contributed by atoms with Crippen molar-refractivity contribution < 1.29 is 14.3 Å². The summed E-state index contributed by atoms with van der Waals surface area (Å²) in [6.45, 7) is 3.73. The highest BCUT2D eigenvalue weighted by Crippen LogP contribution is 2.28. The van der Waals surface area contributed by atoms with Crippen LogP contribution in [0.25, 0.3) is 0 Å². The lowest BCUT2D eigenvalue weighted by Crippen LogP contribution is -2.51. The molecule has 0 saturated carbocycles. The maximum Gasteiger partial charge on any atom is 0.261 e. The minimum absolute atomic E-state index is 0.0595. The summed E-state index contributed by atoms with van der Waals surface area (Å²) in [5.74, 6) is -0.0729. The maximum absolute atomic E-state index is 13.6. The molecule has 5 nitrogen and oxygen atoms in total. The van der Waals surface area contributed by atoms with E-state index in [0.29, 0.717) is 27.8 Å². The van der Waals surface area contributed by atoms with Crippen LogP contribution in [0, 0.1) is 13.8 Å². The molecule has 184 valence electrons. The normalized spacial score (nSPS) is 11.6. The van der Waals surface area contributed by atoms with Gasteiger partial charge in [-0.15, -0.1) is 0 Å². The van der Waals surface area contributed by atoms with Crippen LogP contribution in [0.1, 0.15) is 22.3 Å². The Bertz CT molecular complexity index is 1160. The molecule has 3 aromatic carbocycles. The third-order valence-corrected chi connectivity index (χ3v) is 7.64. The Morgan fingerprint density at radius 2 is 1.60 bits per heavy atom. The monoisotopic (exact) mass is 576 g/mol. The Hall–Kier alpha value is -2.54. The number of halogens is 3. The van der Waals surface area contributed by atoms with Crippen LogP contribution in [0.5, 0.6) is 5.75 Å². The largest absolute Gasteiger partial charge is 0.484 e. The van der Waals surface area contributed by atoms with E-state index in [1.54, 1.807) is 25.2 Å². The number of nitrogens with zero attached hydrogens (tertiary/aromatic N) is 1. The van der Waals surface area contributed by atoms with Crippen molar-refractivity contribution in [1.29, 1.82) is 0 Å². The fraction of sp³-hybridized carbons (Fsp3) is 0.259. The van der Waals surface area contributed by atoms with Crippen molar-refractivity contribution in [2.45, 2.75) is 32.9 Å². The lowest BCUT2D eigenvalue weighted by molar-refractivity contribution is -0.142. The lowest BCUT2D eigenvalue weighted by atomic mass is 10.0. The molecular weight excluding hydrogens is 551 g/mol. The molecule has 0 spiro atoms. The number of rotatable bonds is 9. The number of amides is 2. The molecule has 0 aromatic heterocycles. The van der Waals surface area contributed by atoms with Gasteiger partial charge in [-0.1, -0.05) is 75.5 Å². The van der Waals surface area contributed by atoms with E-state index in [1.807, 2.05) is 56.3 Å². The minimum Gasteiger partial charge on any atom is -0.484 e. The molecule has 0 radical (unpaired) electrons. The number of carbonyl (C=O) groups excluding carboxylic acids is 2. The molecule has 8 heteroatoms. The van der Waals surface area contributed by atoms with Crippen molar-refractivity contribution in [1.82, 2.24) is 10.2 Å². The van der Waals surface area contributed by atoms with Crippen LogP contribution >= 0.6 is 39.1 Å². The van der Waals surface area contributed by atoms with Crippen LogP contribution in [0.15, 0.2) is 65.1 Å². The zero-order valence-corrected chi connectivity index (χ0v) is 22.9. The number of aryl methyl sites for hydroxylation is 2. The maximum atomic E-state index is 13.6. The standard InChI is InChI=1S/C27H27BrCl2N2O3/c1-17-12-20(13-18(2)26(17)28)35-16-25(33)32(15-21-22(29)10-7-11-23(21)30)24(27(34)31-3)14-19-8-5-4-6-9-19/h4-13,24H,14-16H2,1-3H3,(H,31,34). The predicted molar refractivity (Wildman–Crippen MR) is 144 cm³/mol. The van der Waals surface area contributed by atoms with Crippen molar-refractivity contribution in [3.05, 3.63) is 97.4 Å². The van der Waals surface area contributed by atoms with Gasteiger partial charge in [-0.2, -0.15) is 0 Å². The van der Waals surface area contributed by atoms with Gasteiger partial charge in [-0.3, -0.25) is 9.59 Å². The Morgan fingerprint density at radius 1 is 1.00 bits per heavy atom. The highest BCUT2D eigenvalue weighted by atomic mass is 79.9. The number of benzene rings is 3. The van der Waals surface area contributed by atoms with E-state index in [9.17, 15) is 9.59 Å². The molecular formula is C27H27BrCl2N2O3. The molecule has 3 rings (SSSR count). The van der Waals surface area contributed by atoms with Gasteiger partial charge in [0.2, 0.25) is 5.91 Å². The Balaban J connectivity index is 1.93. The molecule has 0 fully saturated rings. The average molecular weight is 578 g/mol. The average Bonchev–Trinajstić information content (AvgIpc) is 2.84. The number of nitrogens with one attached hydrogen (secondary N) is 1. The summed E-state index contributed by atoms with van der Waals surface area (Å²) in [4.78, 5) is 28.0. The summed E-state index contributed by atoms with van der Waals surface area (Å²) in [5, 5.41) is 3.53. The summed E-state index contributed by atoms with van der Waals surface area (Å²) in [7, 11) is 1.55. The number of carbonyl (C=O) groups is 2. The first-order chi connectivity index (χ1) is 16.7. The van der Waals surface area contributed by atoms with Crippen molar-refractivity contribution >= 4 is 50.9 Å². The zero-order chi connectivity index (χ0) is 25.5. The molecule has 1 N–H and O–H groups in total. The van der Waals surface area contributed by atoms with Crippen molar-refractivity contribution in [3.8, 4) is 5.75 Å². The topological polar surface area (TPSA) is 58.6 Å². The first-order valence-corrected chi connectivity index (χ1v) is 12.6. The lowest BCUT2D eigenvalue weighted by Gasteiger charge is -2.31. The third kappa shape index (κ3) is 7.00. The highest BCUT2D eigenvalue weighted by Gasteiger charge is 2.31. The summed E-state index contributed by atoms with van der Waals surface area (Å²) in [6, 6.07) is 17.6. The smallest absolute Gasteiger partial charge is 0.261 e. The second-order valence-corrected chi connectivity index (χ2v) is 9.81. The molecule has 2 amide bonds. The first kappa shape index (κ1) is 27.1. The van der Waals surface area contributed by atoms with E-state index >= 15 is 0 Å². The molecule has 1 atom stereocenters. The molecule has 0 aliphatic heterocycles. The molecule has 0 aliphatic rings. The van der Waals surface area contributed by atoms with Crippen LogP contribution in [0.3, 0.4) is 0 Å². The van der Waals surface area contributed by atoms with E-state index in [-0.39, 0.29) is 25.0 Å². The van der Waals surface area contributed by atoms with Crippen LogP contribution < -0.4 is 10.1 Å². The van der Waals surface area contributed by atoms with Gasteiger partial charge in [0, 0.05) is 40.1 Å². The number of ether oxygens (including phenoxy) is 1. The molecule has 0 bridgehead atoms. The summed E-state index contributed by atoms with van der Waals surface area (Å²) in [6.07, 6.45) is 0.324. The quantitative estimate of drug-likeness (QED) is 0.332. The molecule has 35 heavy (non-hydrogen) atoms. The van der Waals surface area contributed by atoms with Crippen molar-refractivity contribution in [2.24, 2.45) is 0 Å². The van der Waals surface area contributed by atoms with Crippen LogP contribution in [0.4, 0.5) is 0 Å². The van der Waals surface area contributed by atoms with Crippen LogP contribution in [-0.4, -0.2) is 36.4 Å². The van der Waals surface area contributed by atoms with E-state index < -0.39 is 6.04 Å². The Morgan fingerprint density at radius 3 is 2.17 bits per heavy atom. The molecule has 0 heterocycles. The fourth-order valence-electron chi connectivity index (χ4n) is 3.79. The summed E-state index contributed by atoms with van der Waals surface area (Å²) < 4.78 is 6.86. The van der Waals surface area contributed by atoms with Gasteiger partial charge in [0.25, 0.3) is 5.91 Å². The summed E-state index contributed by atoms with van der Waals surface area (Å²) in [5.41, 5.74) is 3.49. The van der Waals surface area contributed by atoms with E-state index in [1.165, 1.54) is 4.90 Å². The van der Waals surface area contributed by atoms with Gasteiger partial charge in [0.05, 0.1) is 0 Å². The summed E-state index contributed by atoms with van der Waals surface area (Å²) >= 11 is 16.4. The van der Waals surface area contributed by atoms with Gasteiger partial charge in [-0.25, -0.2) is 0 Å². The Kier molecular flexibility index (Phi) is 9.61. The van der Waals surface area contributed by atoms with Gasteiger partial charge in [0.15, 0.2) is 6.61 Å². The van der Waals surface area contributed by atoms with Gasteiger partial charge in [0.1, 0.15) is 11.8 Å². The zero-order valence-electron chi connectivity index (χ0n) is 19.8. The van der Waals surface area contributed by atoms with E-state index in [2.05, 4.69) is 21.2 Å². The molecule has 0 saturated heterocycles.